The van der Waals surface area contributed by atoms with Gasteiger partial charge in [-0.1, -0.05) is 35.9 Å². The molecule has 0 atom stereocenters. The van der Waals surface area contributed by atoms with Crippen molar-refractivity contribution >= 4 is 29.5 Å². The third kappa shape index (κ3) is 5.27. The standard InChI is InChI=1S/C18H17ClN2O2/c1-20-18(23)15-7-2-14(3-8-15)12-21-17(22)11-6-13-4-9-16(19)10-5-13/h2-11H,12H2,1H3,(H,20,23)(H,21,22)/b11-6+. The maximum atomic E-state index is 11.8. The van der Waals surface area contributed by atoms with Gasteiger partial charge in [-0.25, -0.2) is 0 Å². The number of amides is 2. The van der Waals surface area contributed by atoms with E-state index in [0.29, 0.717) is 17.1 Å². The number of hydrogen-bond donors (Lipinski definition) is 2. The van der Waals surface area contributed by atoms with Crippen molar-refractivity contribution in [2.45, 2.75) is 6.54 Å². The number of benzene rings is 2. The first kappa shape index (κ1) is 16.8. The van der Waals surface area contributed by atoms with Gasteiger partial charge < -0.3 is 10.6 Å². The van der Waals surface area contributed by atoms with Gasteiger partial charge in [-0.3, -0.25) is 9.59 Å². The fourth-order valence-electron chi connectivity index (χ4n) is 1.91. The van der Waals surface area contributed by atoms with E-state index in [9.17, 15) is 9.59 Å². The smallest absolute Gasteiger partial charge is 0.251 e. The number of carbonyl (C=O) groups is 2. The molecule has 0 aromatic heterocycles. The predicted molar refractivity (Wildman–Crippen MR) is 92.2 cm³/mol. The van der Waals surface area contributed by atoms with Crippen molar-refractivity contribution in [2.75, 3.05) is 7.05 Å². The van der Waals surface area contributed by atoms with Gasteiger partial charge in [0.05, 0.1) is 0 Å². The topological polar surface area (TPSA) is 58.2 Å². The highest BCUT2D eigenvalue weighted by Gasteiger charge is 2.02. The van der Waals surface area contributed by atoms with Crippen molar-refractivity contribution in [1.29, 1.82) is 0 Å². The van der Waals surface area contributed by atoms with Crippen LogP contribution in [0.15, 0.2) is 54.6 Å². The maximum absolute atomic E-state index is 11.8. The van der Waals surface area contributed by atoms with Crippen LogP contribution in [-0.4, -0.2) is 18.9 Å². The van der Waals surface area contributed by atoms with Gasteiger partial charge in [-0.05, 0) is 41.5 Å². The second-order valence-corrected chi connectivity index (χ2v) is 5.32. The first-order valence-corrected chi connectivity index (χ1v) is 7.49. The minimum Gasteiger partial charge on any atom is -0.355 e. The molecule has 0 aliphatic heterocycles. The molecule has 0 radical (unpaired) electrons. The van der Waals surface area contributed by atoms with Crippen molar-refractivity contribution in [2.24, 2.45) is 0 Å². The van der Waals surface area contributed by atoms with Crippen LogP contribution in [0.4, 0.5) is 0 Å². The molecule has 2 N–H and O–H groups in total. The van der Waals surface area contributed by atoms with Crippen molar-refractivity contribution in [3.05, 3.63) is 76.3 Å². The Kier molecular flexibility index (Phi) is 5.94. The molecule has 5 heteroatoms. The zero-order chi connectivity index (χ0) is 16.7. The van der Waals surface area contributed by atoms with Crippen molar-refractivity contribution in [3.8, 4) is 0 Å². The molecule has 2 amide bonds. The van der Waals surface area contributed by atoms with Gasteiger partial charge in [0.2, 0.25) is 5.91 Å². The number of nitrogens with one attached hydrogen (secondary N) is 2. The lowest BCUT2D eigenvalue weighted by atomic mass is 10.1. The summed E-state index contributed by atoms with van der Waals surface area (Å²) in [4.78, 5) is 23.2. The Morgan fingerprint density at radius 1 is 1.04 bits per heavy atom. The minimum atomic E-state index is -0.185. The van der Waals surface area contributed by atoms with Crippen LogP contribution >= 0.6 is 11.6 Å². The molecule has 0 heterocycles. The highest BCUT2D eigenvalue weighted by molar-refractivity contribution is 6.30. The molecule has 0 saturated heterocycles. The van der Waals surface area contributed by atoms with E-state index in [1.165, 1.54) is 6.08 Å². The first-order chi connectivity index (χ1) is 11.1. The van der Waals surface area contributed by atoms with E-state index in [4.69, 9.17) is 11.6 Å². The van der Waals surface area contributed by atoms with Crippen LogP contribution in [0, 0.1) is 0 Å². The second kappa shape index (κ2) is 8.15. The number of carbonyl (C=O) groups excluding carboxylic acids is 2. The van der Waals surface area contributed by atoms with Crippen molar-refractivity contribution in [3.63, 3.8) is 0 Å². The molecule has 4 nitrogen and oxygen atoms in total. The summed E-state index contributed by atoms with van der Waals surface area (Å²) >= 11 is 5.80. The lowest BCUT2D eigenvalue weighted by Gasteiger charge is -2.04. The van der Waals surface area contributed by atoms with Crippen LogP contribution in [0.3, 0.4) is 0 Å². The quantitative estimate of drug-likeness (QED) is 0.829. The van der Waals surface area contributed by atoms with Crippen LogP contribution in [-0.2, 0) is 11.3 Å². The minimum absolute atomic E-state index is 0.133. The van der Waals surface area contributed by atoms with Crippen LogP contribution in [0.25, 0.3) is 6.08 Å². The van der Waals surface area contributed by atoms with Crippen molar-refractivity contribution < 1.29 is 9.59 Å². The average Bonchev–Trinajstić information content (AvgIpc) is 2.59. The zero-order valence-corrected chi connectivity index (χ0v) is 13.4. The Balaban J connectivity index is 1.86. The van der Waals surface area contributed by atoms with Gasteiger partial charge in [0.25, 0.3) is 5.91 Å². The molecule has 2 aromatic carbocycles. The Bertz CT molecular complexity index is 707. The molecule has 23 heavy (non-hydrogen) atoms. The highest BCUT2D eigenvalue weighted by Crippen LogP contribution is 2.10. The third-order valence-electron chi connectivity index (χ3n) is 3.21. The fourth-order valence-corrected chi connectivity index (χ4v) is 2.04. The van der Waals surface area contributed by atoms with E-state index in [-0.39, 0.29) is 11.8 Å². The summed E-state index contributed by atoms with van der Waals surface area (Å²) in [6, 6.07) is 14.3. The van der Waals surface area contributed by atoms with E-state index in [1.807, 2.05) is 24.3 Å². The fraction of sp³-hybridized carbons (Fsp3) is 0.111. The molecular formula is C18H17ClN2O2. The maximum Gasteiger partial charge on any atom is 0.251 e. The van der Waals surface area contributed by atoms with E-state index >= 15 is 0 Å². The monoisotopic (exact) mass is 328 g/mol. The molecule has 0 fully saturated rings. The Labute approximate surface area is 140 Å². The molecule has 118 valence electrons. The molecule has 2 aromatic rings. The number of halogens is 1. The highest BCUT2D eigenvalue weighted by atomic mass is 35.5. The summed E-state index contributed by atoms with van der Waals surface area (Å²) in [5.41, 5.74) is 2.41. The summed E-state index contributed by atoms with van der Waals surface area (Å²) in [5.74, 6) is -0.318. The summed E-state index contributed by atoms with van der Waals surface area (Å²) in [6.45, 7) is 0.401. The average molecular weight is 329 g/mol. The summed E-state index contributed by atoms with van der Waals surface area (Å²) in [5, 5.41) is 6.01. The molecule has 0 unspecified atom stereocenters. The Hall–Kier alpha value is -2.59. The van der Waals surface area contributed by atoms with Gasteiger partial charge >= 0.3 is 0 Å². The number of rotatable bonds is 5. The lowest BCUT2D eigenvalue weighted by Crippen LogP contribution is -2.20. The van der Waals surface area contributed by atoms with E-state index in [2.05, 4.69) is 10.6 Å². The van der Waals surface area contributed by atoms with E-state index in [0.717, 1.165) is 11.1 Å². The van der Waals surface area contributed by atoms with Crippen LogP contribution in [0.5, 0.6) is 0 Å². The number of hydrogen-bond acceptors (Lipinski definition) is 2. The van der Waals surface area contributed by atoms with E-state index < -0.39 is 0 Å². The van der Waals surface area contributed by atoms with Gasteiger partial charge in [0, 0.05) is 30.3 Å². The van der Waals surface area contributed by atoms with E-state index in [1.54, 1.807) is 37.4 Å². The SMILES string of the molecule is CNC(=O)c1ccc(CNC(=O)/C=C/c2ccc(Cl)cc2)cc1. The van der Waals surface area contributed by atoms with Gasteiger partial charge in [-0.15, -0.1) is 0 Å². The predicted octanol–water partition coefficient (Wildman–Crippen LogP) is 3.03. The summed E-state index contributed by atoms with van der Waals surface area (Å²) < 4.78 is 0. The molecular weight excluding hydrogens is 312 g/mol. The van der Waals surface area contributed by atoms with Crippen LogP contribution < -0.4 is 10.6 Å². The first-order valence-electron chi connectivity index (χ1n) is 7.11. The van der Waals surface area contributed by atoms with Gasteiger partial charge in [0.1, 0.15) is 0 Å². The molecule has 0 spiro atoms. The van der Waals surface area contributed by atoms with Crippen molar-refractivity contribution in [1.82, 2.24) is 10.6 Å². The molecule has 0 saturated carbocycles. The van der Waals surface area contributed by atoms with Gasteiger partial charge in [-0.2, -0.15) is 0 Å². The molecule has 2 rings (SSSR count). The normalized spacial score (nSPS) is 10.5. The molecule has 0 aliphatic rings. The third-order valence-corrected chi connectivity index (χ3v) is 3.46. The molecule has 0 aliphatic carbocycles. The summed E-state index contributed by atoms with van der Waals surface area (Å²) in [7, 11) is 1.59. The molecule has 0 bridgehead atoms. The second-order valence-electron chi connectivity index (χ2n) is 4.88. The lowest BCUT2D eigenvalue weighted by molar-refractivity contribution is -0.116. The summed E-state index contributed by atoms with van der Waals surface area (Å²) in [6.07, 6.45) is 3.20. The Morgan fingerprint density at radius 3 is 2.30 bits per heavy atom. The van der Waals surface area contributed by atoms with Gasteiger partial charge in [0.15, 0.2) is 0 Å². The Morgan fingerprint density at radius 2 is 1.70 bits per heavy atom. The zero-order valence-electron chi connectivity index (χ0n) is 12.7. The van der Waals surface area contributed by atoms with Crippen LogP contribution in [0.2, 0.25) is 5.02 Å². The van der Waals surface area contributed by atoms with Crippen LogP contribution in [0.1, 0.15) is 21.5 Å². The largest absolute Gasteiger partial charge is 0.355 e.